The van der Waals surface area contributed by atoms with Crippen LogP contribution in [0.1, 0.15) is 28.9 Å². The first-order valence-electron chi connectivity index (χ1n) is 5.84. The van der Waals surface area contributed by atoms with Gasteiger partial charge in [-0.3, -0.25) is 4.79 Å². The van der Waals surface area contributed by atoms with Crippen molar-refractivity contribution < 1.29 is 9.18 Å². The van der Waals surface area contributed by atoms with Crippen LogP contribution in [0, 0.1) is 5.82 Å². The van der Waals surface area contributed by atoms with Crippen molar-refractivity contribution >= 4 is 29.1 Å². The molecule has 1 heterocycles. The van der Waals surface area contributed by atoms with Crippen molar-refractivity contribution in [1.82, 2.24) is 10.3 Å². The first-order chi connectivity index (χ1) is 9.47. The maximum atomic E-state index is 12.8. The molecule has 0 saturated carbocycles. The SMILES string of the molecule is C[C@H](NC(=O)c1cnc(Cl)c(Cl)c1)c1ccc(F)cc1. The van der Waals surface area contributed by atoms with E-state index < -0.39 is 0 Å². The van der Waals surface area contributed by atoms with E-state index in [1.54, 1.807) is 19.1 Å². The highest BCUT2D eigenvalue weighted by Crippen LogP contribution is 2.20. The predicted molar refractivity (Wildman–Crippen MR) is 76.5 cm³/mol. The molecule has 1 aromatic carbocycles. The molecule has 2 aromatic rings. The number of rotatable bonds is 3. The molecule has 2 rings (SSSR count). The van der Waals surface area contributed by atoms with Gasteiger partial charge in [-0.1, -0.05) is 35.3 Å². The van der Waals surface area contributed by atoms with Crippen LogP contribution in [0.4, 0.5) is 4.39 Å². The van der Waals surface area contributed by atoms with Crippen molar-refractivity contribution in [3.8, 4) is 0 Å². The molecule has 3 nitrogen and oxygen atoms in total. The fourth-order valence-electron chi connectivity index (χ4n) is 1.66. The Morgan fingerprint density at radius 2 is 1.95 bits per heavy atom. The molecule has 0 radical (unpaired) electrons. The highest BCUT2D eigenvalue weighted by atomic mass is 35.5. The minimum Gasteiger partial charge on any atom is -0.345 e. The number of hydrogen-bond acceptors (Lipinski definition) is 2. The van der Waals surface area contributed by atoms with Crippen molar-refractivity contribution in [2.75, 3.05) is 0 Å². The number of nitrogens with zero attached hydrogens (tertiary/aromatic N) is 1. The third-order valence-corrected chi connectivity index (χ3v) is 3.46. The quantitative estimate of drug-likeness (QED) is 0.870. The number of carbonyl (C=O) groups excluding carboxylic acids is 1. The molecule has 0 saturated heterocycles. The minimum absolute atomic E-state index is 0.148. The van der Waals surface area contributed by atoms with E-state index in [-0.39, 0.29) is 27.9 Å². The molecule has 20 heavy (non-hydrogen) atoms. The number of hydrogen-bond donors (Lipinski definition) is 1. The Bertz CT molecular complexity index is 632. The Morgan fingerprint density at radius 1 is 1.30 bits per heavy atom. The molecule has 104 valence electrons. The van der Waals surface area contributed by atoms with Gasteiger partial charge in [-0.2, -0.15) is 0 Å². The zero-order valence-electron chi connectivity index (χ0n) is 10.5. The zero-order valence-corrected chi connectivity index (χ0v) is 12.0. The third-order valence-electron chi connectivity index (χ3n) is 2.78. The molecule has 0 aliphatic carbocycles. The van der Waals surface area contributed by atoms with Gasteiger partial charge >= 0.3 is 0 Å². The summed E-state index contributed by atoms with van der Waals surface area (Å²) in [5, 5.41) is 3.14. The lowest BCUT2D eigenvalue weighted by atomic mass is 10.1. The Kier molecular flexibility index (Phi) is 4.57. The lowest BCUT2D eigenvalue weighted by Gasteiger charge is -2.14. The van der Waals surface area contributed by atoms with Gasteiger partial charge in [0.15, 0.2) is 0 Å². The molecule has 0 unspecified atom stereocenters. The number of halogens is 3. The van der Waals surface area contributed by atoms with Gasteiger partial charge in [-0.05, 0) is 30.7 Å². The summed E-state index contributed by atoms with van der Waals surface area (Å²) in [6, 6.07) is 7.11. The number of pyridine rings is 1. The lowest BCUT2D eigenvalue weighted by Crippen LogP contribution is -2.26. The summed E-state index contributed by atoms with van der Waals surface area (Å²) in [5.41, 5.74) is 1.11. The number of amides is 1. The summed E-state index contributed by atoms with van der Waals surface area (Å²) in [5.74, 6) is -0.645. The van der Waals surface area contributed by atoms with Crippen LogP contribution in [0.5, 0.6) is 0 Å². The summed E-state index contributed by atoms with van der Waals surface area (Å²) >= 11 is 11.5. The second-order valence-corrected chi connectivity index (χ2v) is 5.01. The van der Waals surface area contributed by atoms with Gasteiger partial charge in [-0.25, -0.2) is 9.37 Å². The van der Waals surface area contributed by atoms with Crippen LogP contribution >= 0.6 is 23.2 Å². The van der Waals surface area contributed by atoms with E-state index in [0.717, 1.165) is 5.56 Å². The summed E-state index contributed by atoms with van der Waals surface area (Å²) in [6.07, 6.45) is 1.35. The van der Waals surface area contributed by atoms with E-state index in [1.165, 1.54) is 24.4 Å². The first kappa shape index (κ1) is 14.8. The molecule has 0 spiro atoms. The van der Waals surface area contributed by atoms with Gasteiger partial charge < -0.3 is 5.32 Å². The van der Waals surface area contributed by atoms with Gasteiger partial charge in [-0.15, -0.1) is 0 Å². The van der Waals surface area contributed by atoms with Gasteiger partial charge in [0, 0.05) is 6.20 Å². The molecule has 0 fully saturated rings. The van der Waals surface area contributed by atoms with Crippen molar-refractivity contribution in [1.29, 1.82) is 0 Å². The largest absolute Gasteiger partial charge is 0.345 e. The Labute approximate surface area is 125 Å². The van der Waals surface area contributed by atoms with Crippen molar-refractivity contribution in [2.45, 2.75) is 13.0 Å². The van der Waals surface area contributed by atoms with Gasteiger partial charge in [0.2, 0.25) is 0 Å². The summed E-state index contributed by atoms with van der Waals surface area (Å²) in [4.78, 5) is 15.8. The fraction of sp³-hybridized carbons (Fsp3) is 0.143. The van der Waals surface area contributed by atoms with Gasteiger partial charge in [0.05, 0.1) is 16.6 Å². The average molecular weight is 313 g/mol. The van der Waals surface area contributed by atoms with Crippen LogP contribution in [-0.4, -0.2) is 10.9 Å². The molecule has 1 aromatic heterocycles. The lowest BCUT2D eigenvalue weighted by molar-refractivity contribution is 0.0939. The molecule has 0 bridgehead atoms. The van der Waals surface area contributed by atoms with E-state index in [4.69, 9.17) is 23.2 Å². The van der Waals surface area contributed by atoms with E-state index in [0.29, 0.717) is 5.56 Å². The third kappa shape index (κ3) is 3.46. The van der Waals surface area contributed by atoms with E-state index in [9.17, 15) is 9.18 Å². The van der Waals surface area contributed by atoms with Crippen LogP contribution in [-0.2, 0) is 0 Å². The molecule has 1 atom stereocenters. The van der Waals surface area contributed by atoms with Crippen molar-refractivity contribution in [3.63, 3.8) is 0 Å². The normalized spacial score (nSPS) is 12.0. The van der Waals surface area contributed by atoms with E-state index in [2.05, 4.69) is 10.3 Å². The highest BCUT2D eigenvalue weighted by molar-refractivity contribution is 6.41. The van der Waals surface area contributed by atoms with Crippen molar-refractivity contribution in [3.05, 3.63) is 63.6 Å². The van der Waals surface area contributed by atoms with E-state index in [1.807, 2.05) is 0 Å². The molecule has 0 aliphatic rings. The smallest absolute Gasteiger partial charge is 0.253 e. The second kappa shape index (κ2) is 6.20. The number of nitrogens with one attached hydrogen (secondary N) is 1. The van der Waals surface area contributed by atoms with Crippen LogP contribution in [0.25, 0.3) is 0 Å². The Hall–Kier alpha value is -1.65. The van der Waals surface area contributed by atoms with Gasteiger partial charge in [0.1, 0.15) is 11.0 Å². The molecule has 1 amide bonds. The monoisotopic (exact) mass is 312 g/mol. The minimum atomic E-state index is -0.326. The molecule has 0 aliphatic heterocycles. The topological polar surface area (TPSA) is 42.0 Å². The standard InChI is InChI=1S/C14H11Cl2FN2O/c1-8(9-2-4-11(17)5-3-9)19-14(20)10-6-12(15)13(16)18-7-10/h2-8H,1H3,(H,19,20)/t8-/m0/s1. The van der Waals surface area contributed by atoms with Crippen LogP contribution in [0.2, 0.25) is 10.2 Å². The first-order valence-corrected chi connectivity index (χ1v) is 6.60. The Morgan fingerprint density at radius 3 is 2.55 bits per heavy atom. The second-order valence-electron chi connectivity index (χ2n) is 4.24. The number of carbonyl (C=O) groups is 1. The van der Waals surface area contributed by atoms with E-state index >= 15 is 0 Å². The number of benzene rings is 1. The molecule has 6 heteroatoms. The average Bonchev–Trinajstić information content (AvgIpc) is 2.42. The summed E-state index contributed by atoms with van der Waals surface area (Å²) in [7, 11) is 0. The molecule has 1 N–H and O–H groups in total. The van der Waals surface area contributed by atoms with Crippen LogP contribution < -0.4 is 5.32 Å². The highest BCUT2D eigenvalue weighted by Gasteiger charge is 2.13. The fourth-order valence-corrected chi connectivity index (χ4v) is 1.93. The molecular weight excluding hydrogens is 302 g/mol. The van der Waals surface area contributed by atoms with Crippen LogP contribution in [0.3, 0.4) is 0 Å². The molecular formula is C14H11Cl2FN2O. The summed E-state index contributed by atoms with van der Waals surface area (Å²) in [6.45, 7) is 1.80. The predicted octanol–water partition coefficient (Wildman–Crippen LogP) is 4.02. The maximum absolute atomic E-state index is 12.8. The van der Waals surface area contributed by atoms with Crippen LogP contribution in [0.15, 0.2) is 36.5 Å². The maximum Gasteiger partial charge on any atom is 0.253 e. The van der Waals surface area contributed by atoms with Crippen molar-refractivity contribution in [2.24, 2.45) is 0 Å². The number of aromatic nitrogens is 1. The Balaban J connectivity index is 2.10. The zero-order chi connectivity index (χ0) is 14.7. The van der Waals surface area contributed by atoms with Gasteiger partial charge in [0.25, 0.3) is 5.91 Å². The summed E-state index contributed by atoms with van der Waals surface area (Å²) < 4.78 is 12.8.